The minimum absolute atomic E-state index is 0. The highest BCUT2D eigenvalue weighted by Gasteiger charge is 1.81. The maximum absolute atomic E-state index is 8.32. The van der Waals surface area contributed by atoms with Gasteiger partial charge in [0.25, 0.3) is 0 Å². The SMILES string of the molecule is CCC(O)P.Cl. The number of rotatable bonds is 1. The second-order valence-electron chi connectivity index (χ2n) is 0.976. The first-order valence-electron chi connectivity index (χ1n) is 1.71. The molecule has 0 bridgehead atoms. The first-order chi connectivity index (χ1) is 2.27. The minimum atomic E-state index is -0.199. The molecule has 2 unspecified atom stereocenters. The molecule has 0 aromatic rings. The average molecular weight is 129 g/mol. The second-order valence-corrected chi connectivity index (χ2v) is 1.75. The fraction of sp³-hybridized carbons (Fsp3) is 1.00. The van der Waals surface area contributed by atoms with E-state index in [1.165, 1.54) is 0 Å². The Labute approximate surface area is 46.7 Å². The van der Waals surface area contributed by atoms with Gasteiger partial charge in [0.15, 0.2) is 0 Å². The molecular weight excluding hydrogens is 118 g/mol. The molecule has 0 heterocycles. The molecule has 3 heteroatoms. The number of halogens is 1. The van der Waals surface area contributed by atoms with Crippen molar-refractivity contribution in [2.75, 3.05) is 0 Å². The van der Waals surface area contributed by atoms with Crippen LogP contribution in [0.1, 0.15) is 13.3 Å². The third-order valence-electron chi connectivity index (χ3n) is 0.418. The van der Waals surface area contributed by atoms with Crippen molar-refractivity contribution in [1.82, 2.24) is 0 Å². The highest BCUT2D eigenvalue weighted by Crippen LogP contribution is 1.95. The molecule has 0 aromatic carbocycles. The number of aliphatic hydroxyl groups excluding tert-OH is 1. The van der Waals surface area contributed by atoms with Crippen LogP contribution >= 0.6 is 21.6 Å². The van der Waals surface area contributed by atoms with Crippen molar-refractivity contribution in [3.8, 4) is 0 Å². The van der Waals surface area contributed by atoms with Gasteiger partial charge in [0.1, 0.15) is 0 Å². The summed E-state index contributed by atoms with van der Waals surface area (Å²) < 4.78 is 0. The number of hydrogen-bond acceptors (Lipinski definition) is 1. The maximum atomic E-state index is 8.32. The molecule has 0 rings (SSSR count). The lowest BCUT2D eigenvalue weighted by molar-refractivity contribution is 0.258. The van der Waals surface area contributed by atoms with E-state index in [9.17, 15) is 0 Å². The van der Waals surface area contributed by atoms with E-state index in [1.807, 2.05) is 6.92 Å². The number of aliphatic hydroxyl groups is 1. The van der Waals surface area contributed by atoms with Crippen LogP contribution in [0.15, 0.2) is 0 Å². The summed E-state index contributed by atoms with van der Waals surface area (Å²) in [4.78, 5) is 0. The topological polar surface area (TPSA) is 20.2 Å². The van der Waals surface area contributed by atoms with Crippen LogP contribution in [-0.4, -0.2) is 11.0 Å². The first-order valence-corrected chi connectivity index (χ1v) is 2.37. The molecule has 0 aromatic heterocycles. The van der Waals surface area contributed by atoms with Crippen molar-refractivity contribution in [3.05, 3.63) is 0 Å². The van der Waals surface area contributed by atoms with Crippen molar-refractivity contribution in [2.45, 2.75) is 19.2 Å². The van der Waals surface area contributed by atoms with Gasteiger partial charge in [-0.15, -0.1) is 21.6 Å². The third kappa shape index (κ3) is 8.82. The van der Waals surface area contributed by atoms with E-state index in [0.29, 0.717) is 0 Å². The van der Waals surface area contributed by atoms with Crippen molar-refractivity contribution in [1.29, 1.82) is 0 Å². The van der Waals surface area contributed by atoms with Crippen LogP contribution < -0.4 is 0 Å². The van der Waals surface area contributed by atoms with Gasteiger partial charge in [0.05, 0.1) is 5.85 Å². The average Bonchev–Trinajstić information content (AvgIpc) is 1.38. The van der Waals surface area contributed by atoms with Gasteiger partial charge >= 0.3 is 0 Å². The lowest BCUT2D eigenvalue weighted by Gasteiger charge is -1.90. The fourth-order valence-corrected chi connectivity index (χ4v) is 0. The molecule has 0 aliphatic carbocycles. The zero-order valence-corrected chi connectivity index (χ0v) is 5.69. The van der Waals surface area contributed by atoms with Gasteiger partial charge in [-0.05, 0) is 6.42 Å². The molecule has 0 spiro atoms. The van der Waals surface area contributed by atoms with Crippen LogP contribution in [-0.2, 0) is 0 Å². The van der Waals surface area contributed by atoms with Gasteiger partial charge in [-0.1, -0.05) is 6.92 Å². The summed E-state index contributed by atoms with van der Waals surface area (Å²) in [6.45, 7) is 1.93. The number of hydrogen-bond donors (Lipinski definition) is 1. The van der Waals surface area contributed by atoms with Gasteiger partial charge < -0.3 is 5.11 Å². The normalized spacial score (nSPS) is 12.5. The highest BCUT2D eigenvalue weighted by molar-refractivity contribution is 7.17. The lowest BCUT2D eigenvalue weighted by Crippen LogP contribution is -1.87. The van der Waals surface area contributed by atoms with E-state index in [1.54, 1.807) is 0 Å². The van der Waals surface area contributed by atoms with E-state index in [4.69, 9.17) is 5.11 Å². The molecule has 6 heavy (non-hydrogen) atoms. The quantitative estimate of drug-likeness (QED) is 0.523. The molecule has 2 atom stereocenters. The van der Waals surface area contributed by atoms with Crippen molar-refractivity contribution in [2.24, 2.45) is 0 Å². The Bertz CT molecular complexity index is 24.8. The Morgan fingerprint density at radius 1 is 1.83 bits per heavy atom. The Kier molecular flexibility index (Phi) is 9.31. The molecule has 0 radical (unpaired) electrons. The van der Waals surface area contributed by atoms with Gasteiger partial charge in [-0.3, -0.25) is 0 Å². The predicted octanol–water partition coefficient (Wildman–Crippen LogP) is 1.01. The zero-order chi connectivity index (χ0) is 4.28. The fourth-order valence-electron chi connectivity index (χ4n) is 0. The Morgan fingerprint density at radius 2 is 2.00 bits per heavy atom. The smallest absolute Gasteiger partial charge is 0.0671 e. The van der Waals surface area contributed by atoms with E-state index in [-0.39, 0.29) is 18.3 Å². The molecule has 0 aliphatic rings. The van der Waals surface area contributed by atoms with Crippen LogP contribution in [0, 0.1) is 0 Å². The van der Waals surface area contributed by atoms with Crippen molar-refractivity contribution < 1.29 is 5.11 Å². The van der Waals surface area contributed by atoms with Crippen LogP contribution in [0.4, 0.5) is 0 Å². The second kappa shape index (κ2) is 5.68. The largest absolute Gasteiger partial charge is 0.389 e. The van der Waals surface area contributed by atoms with Crippen LogP contribution in [0.25, 0.3) is 0 Å². The standard InChI is InChI=1S/C3H9OP.ClH/c1-2-3(4)5;/h3-4H,2,5H2,1H3;1H. The molecule has 1 N–H and O–H groups in total. The molecule has 0 amide bonds. The zero-order valence-electron chi connectivity index (χ0n) is 3.72. The predicted molar refractivity (Wildman–Crippen MR) is 33.3 cm³/mol. The summed E-state index contributed by atoms with van der Waals surface area (Å²) in [5.74, 6) is -0.199. The highest BCUT2D eigenvalue weighted by atomic mass is 35.5. The van der Waals surface area contributed by atoms with Gasteiger partial charge in [0.2, 0.25) is 0 Å². The third-order valence-corrected chi connectivity index (χ3v) is 0.890. The van der Waals surface area contributed by atoms with Crippen LogP contribution in [0.2, 0.25) is 0 Å². The van der Waals surface area contributed by atoms with Crippen LogP contribution in [0.5, 0.6) is 0 Å². The van der Waals surface area contributed by atoms with E-state index in [2.05, 4.69) is 9.24 Å². The monoisotopic (exact) mass is 128 g/mol. The summed E-state index contributed by atoms with van der Waals surface area (Å²) >= 11 is 0. The first kappa shape index (κ1) is 9.84. The Balaban J connectivity index is 0. The summed E-state index contributed by atoms with van der Waals surface area (Å²) in [7, 11) is 2.29. The summed E-state index contributed by atoms with van der Waals surface area (Å²) in [5.41, 5.74) is 0. The molecule has 0 fully saturated rings. The maximum Gasteiger partial charge on any atom is 0.0671 e. The molecule has 0 aliphatic heterocycles. The van der Waals surface area contributed by atoms with Gasteiger partial charge in [-0.25, -0.2) is 0 Å². The lowest BCUT2D eigenvalue weighted by atomic mass is 10.5. The van der Waals surface area contributed by atoms with Crippen LogP contribution in [0.3, 0.4) is 0 Å². The molecule has 40 valence electrons. The van der Waals surface area contributed by atoms with Crippen molar-refractivity contribution >= 4 is 21.6 Å². The summed E-state index contributed by atoms with van der Waals surface area (Å²) in [6.07, 6.45) is 0.824. The molecule has 0 saturated heterocycles. The summed E-state index contributed by atoms with van der Waals surface area (Å²) in [5, 5.41) is 8.32. The van der Waals surface area contributed by atoms with Gasteiger partial charge in [0, 0.05) is 0 Å². The Morgan fingerprint density at radius 3 is 2.00 bits per heavy atom. The summed E-state index contributed by atoms with van der Waals surface area (Å²) in [6, 6.07) is 0. The van der Waals surface area contributed by atoms with E-state index >= 15 is 0 Å². The minimum Gasteiger partial charge on any atom is -0.389 e. The molecule has 1 nitrogen and oxygen atoms in total. The molecular formula is C3H10ClOP. The molecule has 0 saturated carbocycles. The van der Waals surface area contributed by atoms with Crippen molar-refractivity contribution in [3.63, 3.8) is 0 Å². The Hall–Kier alpha value is 0.680. The van der Waals surface area contributed by atoms with E-state index < -0.39 is 0 Å². The van der Waals surface area contributed by atoms with E-state index in [0.717, 1.165) is 6.42 Å². The van der Waals surface area contributed by atoms with Gasteiger partial charge in [-0.2, -0.15) is 0 Å².